The van der Waals surface area contributed by atoms with Gasteiger partial charge in [-0.1, -0.05) is 32.9 Å². The number of aromatic nitrogens is 1. The first-order chi connectivity index (χ1) is 18.3. The lowest BCUT2D eigenvalue weighted by molar-refractivity contribution is -0.137. The van der Waals surface area contributed by atoms with E-state index in [1.165, 1.54) is 0 Å². The maximum atomic E-state index is 11.2. The summed E-state index contributed by atoms with van der Waals surface area (Å²) >= 11 is 0. The van der Waals surface area contributed by atoms with Crippen LogP contribution in [0.5, 0.6) is 5.75 Å². The average molecular weight is 562 g/mol. The molecule has 0 fully saturated rings. The molecule has 0 spiro atoms. The highest BCUT2D eigenvalue weighted by Crippen LogP contribution is 2.41. The van der Waals surface area contributed by atoms with Crippen LogP contribution in [0, 0.1) is 0 Å². The molecule has 9 heteroatoms. The van der Waals surface area contributed by atoms with Crippen molar-refractivity contribution in [2.75, 3.05) is 14.2 Å². The second-order valence-corrected chi connectivity index (χ2v) is 16.3. The quantitative estimate of drug-likeness (QED) is 0.211. The highest BCUT2D eigenvalue weighted by molar-refractivity contribution is 6.74. The van der Waals surface area contributed by atoms with Gasteiger partial charge in [0.1, 0.15) is 17.7 Å². The maximum absolute atomic E-state index is 11.2. The molecule has 3 atom stereocenters. The SMILES string of the molecule is COc1ccc(CO[C@@H](CCCC(=O)O)C[C@H](O[Si](C)(C)C(C)(C)C)c2coc(/C=C(\C)[C@@H](C)OC)n2)cc1. The highest BCUT2D eigenvalue weighted by atomic mass is 28.4. The Bertz CT molecular complexity index is 1060. The van der Waals surface area contributed by atoms with Crippen LogP contribution in [0.3, 0.4) is 0 Å². The van der Waals surface area contributed by atoms with E-state index < -0.39 is 14.3 Å². The molecule has 1 aromatic carbocycles. The van der Waals surface area contributed by atoms with Gasteiger partial charge < -0.3 is 28.2 Å². The van der Waals surface area contributed by atoms with Crippen LogP contribution < -0.4 is 4.74 Å². The van der Waals surface area contributed by atoms with Crippen molar-refractivity contribution in [1.29, 1.82) is 0 Å². The summed E-state index contributed by atoms with van der Waals surface area (Å²) < 4.78 is 29.7. The van der Waals surface area contributed by atoms with Crippen molar-refractivity contribution in [2.24, 2.45) is 0 Å². The van der Waals surface area contributed by atoms with Crippen LogP contribution in [0.4, 0.5) is 0 Å². The first kappa shape index (κ1) is 32.7. The lowest BCUT2D eigenvalue weighted by atomic mass is 10.0. The number of methoxy groups -OCH3 is 2. The number of benzene rings is 1. The molecule has 1 heterocycles. The van der Waals surface area contributed by atoms with Gasteiger partial charge in [-0.2, -0.15) is 0 Å². The first-order valence-electron chi connectivity index (χ1n) is 13.6. The third kappa shape index (κ3) is 10.6. The minimum atomic E-state index is -2.19. The van der Waals surface area contributed by atoms with Gasteiger partial charge in [0, 0.05) is 26.0 Å². The highest BCUT2D eigenvalue weighted by Gasteiger charge is 2.40. The summed E-state index contributed by atoms with van der Waals surface area (Å²) in [7, 11) is 1.11. The summed E-state index contributed by atoms with van der Waals surface area (Å²) in [6.07, 6.45) is 4.62. The van der Waals surface area contributed by atoms with Crippen LogP contribution in [0.25, 0.3) is 6.08 Å². The minimum Gasteiger partial charge on any atom is -0.497 e. The lowest BCUT2D eigenvalue weighted by Gasteiger charge is -2.39. The Morgan fingerprint density at radius 3 is 2.41 bits per heavy atom. The summed E-state index contributed by atoms with van der Waals surface area (Å²) in [6.45, 7) is 15.4. The Morgan fingerprint density at radius 1 is 1.18 bits per heavy atom. The van der Waals surface area contributed by atoms with E-state index in [1.54, 1.807) is 20.5 Å². The fourth-order valence-corrected chi connectivity index (χ4v) is 4.98. The molecule has 0 aliphatic rings. The average Bonchev–Trinajstić information content (AvgIpc) is 3.33. The second kappa shape index (κ2) is 14.8. The van der Waals surface area contributed by atoms with Crippen LogP contribution in [-0.4, -0.2) is 50.8 Å². The zero-order valence-corrected chi connectivity index (χ0v) is 26.1. The van der Waals surface area contributed by atoms with Crippen LogP contribution in [0.15, 0.2) is 40.5 Å². The van der Waals surface area contributed by atoms with Crippen LogP contribution >= 0.6 is 0 Å². The Morgan fingerprint density at radius 2 is 1.85 bits per heavy atom. The van der Waals surface area contributed by atoms with Gasteiger partial charge in [-0.25, -0.2) is 4.98 Å². The smallest absolute Gasteiger partial charge is 0.303 e. The van der Waals surface area contributed by atoms with Crippen LogP contribution in [-0.2, 0) is 25.3 Å². The van der Waals surface area contributed by atoms with Crippen molar-refractivity contribution in [1.82, 2.24) is 4.98 Å². The molecule has 0 aliphatic heterocycles. The summed E-state index contributed by atoms with van der Waals surface area (Å²) in [5, 5.41) is 9.20. The van der Waals surface area contributed by atoms with Gasteiger partial charge in [0.15, 0.2) is 8.32 Å². The van der Waals surface area contributed by atoms with E-state index in [9.17, 15) is 9.90 Å². The number of hydrogen-bond donors (Lipinski definition) is 1. The van der Waals surface area contributed by atoms with Crippen molar-refractivity contribution < 1.29 is 33.0 Å². The molecular weight excluding hydrogens is 514 g/mol. The monoisotopic (exact) mass is 561 g/mol. The van der Waals surface area contributed by atoms with E-state index in [-0.39, 0.29) is 29.8 Å². The molecule has 0 bridgehead atoms. The molecule has 0 aliphatic carbocycles. The standard InChI is InChI=1S/C30H47NO7Si/c1-21(22(2)34-6)17-28-31-26(20-37-28)27(38-39(8,9)30(3,4)5)18-25(11-10-12-29(32)33)36-19-23-13-15-24(35-7)16-14-23/h13-17,20,22,25,27H,10-12,18-19H2,1-9H3,(H,32,33)/b21-17+/t22-,25+,27+/m1/s1. The van der Waals surface area contributed by atoms with Crippen molar-refractivity contribution in [2.45, 2.75) is 103 Å². The number of rotatable bonds is 16. The summed E-state index contributed by atoms with van der Waals surface area (Å²) in [5.74, 6) is 0.467. The molecule has 0 unspecified atom stereocenters. The van der Waals surface area contributed by atoms with Gasteiger partial charge in [0.25, 0.3) is 0 Å². The molecule has 0 saturated heterocycles. The zero-order valence-electron chi connectivity index (χ0n) is 25.1. The largest absolute Gasteiger partial charge is 0.497 e. The molecule has 0 radical (unpaired) electrons. The van der Waals surface area contributed by atoms with E-state index in [2.05, 4.69) is 33.9 Å². The fraction of sp³-hybridized carbons (Fsp3) is 0.600. The number of ether oxygens (including phenoxy) is 3. The number of carboxylic acid groups (broad SMARTS) is 1. The molecule has 1 aromatic heterocycles. The number of carbonyl (C=O) groups is 1. The molecule has 2 aromatic rings. The first-order valence-corrected chi connectivity index (χ1v) is 16.5. The number of hydrogen-bond acceptors (Lipinski definition) is 7. The molecule has 8 nitrogen and oxygen atoms in total. The zero-order chi connectivity index (χ0) is 29.2. The Hall–Kier alpha value is -2.46. The van der Waals surface area contributed by atoms with Crippen LogP contribution in [0.1, 0.15) is 83.6 Å². The molecule has 39 heavy (non-hydrogen) atoms. The second-order valence-electron chi connectivity index (χ2n) is 11.5. The fourth-order valence-electron chi connectivity index (χ4n) is 3.70. The topological polar surface area (TPSA) is 100 Å². The predicted molar refractivity (Wildman–Crippen MR) is 155 cm³/mol. The van der Waals surface area contributed by atoms with Gasteiger partial charge in [-0.3, -0.25) is 4.79 Å². The number of carboxylic acids is 1. The molecule has 218 valence electrons. The Kier molecular flexibility index (Phi) is 12.4. The van der Waals surface area contributed by atoms with Crippen molar-refractivity contribution >= 4 is 20.4 Å². The molecule has 0 saturated carbocycles. The molecule has 0 amide bonds. The van der Waals surface area contributed by atoms with E-state index in [0.717, 1.165) is 16.9 Å². The van der Waals surface area contributed by atoms with Gasteiger partial charge in [0.05, 0.1) is 32.0 Å². The van der Waals surface area contributed by atoms with E-state index in [0.29, 0.717) is 37.5 Å². The maximum Gasteiger partial charge on any atom is 0.303 e. The van der Waals surface area contributed by atoms with Gasteiger partial charge >= 0.3 is 5.97 Å². The Labute approximate surface area is 234 Å². The Balaban J connectivity index is 2.32. The number of aliphatic carboxylic acids is 1. The van der Waals surface area contributed by atoms with E-state index in [1.807, 2.05) is 44.2 Å². The van der Waals surface area contributed by atoms with Gasteiger partial charge in [-0.05, 0) is 68.1 Å². The van der Waals surface area contributed by atoms with Crippen molar-refractivity contribution in [3.8, 4) is 5.75 Å². The normalized spacial score (nSPS) is 15.2. The number of nitrogens with zero attached hydrogens (tertiary/aromatic N) is 1. The minimum absolute atomic E-state index is 0.00897. The van der Waals surface area contributed by atoms with Gasteiger partial charge in [0.2, 0.25) is 5.89 Å². The third-order valence-electron chi connectivity index (χ3n) is 7.50. The lowest BCUT2D eigenvalue weighted by Crippen LogP contribution is -2.42. The van der Waals surface area contributed by atoms with Crippen molar-refractivity contribution in [3.63, 3.8) is 0 Å². The predicted octanol–water partition coefficient (Wildman–Crippen LogP) is 7.41. The summed E-state index contributed by atoms with van der Waals surface area (Å²) in [4.78, 5) is 16.0. The summed E-state index contributed by atoms with van der Waals surface area (Å²) in [5.41, 5.74) is 2.72. The number of oxazole rings is 1. The molecule has 1 N–H and O–H groups in total. The third-order valence-corrected chi connectivity index (χ3v) is 12.0. The summed E-state index contributed by atoms with van der Waals surface area (Å²) in [6, 6.07) is 7.74. The van der Waals surface area contributed by atoms with Crippen LogP contribution in [0.2, 0.25) is 18.1 Å². The van der Waals surface area contributed by atoms with Gasteiger partial charge in [-0.15, -0.1) is 0 Å². The molecule has 2 rings (SSSR count). The molecular formula is C30H47NO7Si. The van der Waals surface area contributed by atoms with E-state index in [4.69, 9.17) is 28.0 Å². The van der Waals surface area contributed by atoms with E-state index >= 15 is 0 Å². The van der Waals surface area contributed by atoms with Crippen molar-refractivity contribution in [3.05, 3.63) is 53.2 Å².